The Kier molecular flexibility index (Phi) is 5.44. The van der Waals surface area contributed by atoms with Crippen LogP contribution in [0.4, 0.5) is 0 Å². The van der Waals surface area contributed by atoms with Crippen molar-refractivity contribution < 1.29 is 23.1 Å². The zero-order chi connectivity index (χ0) is 16.3. The first kappa shape index (κ1) is 17.2. The summed E-state index contributed by atoms with van der Waals surface area (Å²) < 4.78 is 31.0. The van der Waals surface area contributed by atoms with Gasteiger partial charge in [-0.1, -0.05) is 29.8 Å². The molecule has 0 unspecified atom stereocenters. The third kappa shape index (κ3) is 3.78. The van der Waals surface area contributed by atoms with Crippen LogP contribution >= 0.6 is 11.6 Å². The lowest BCUT2D eigenvalue weighted by molar-refractivity contribution is -0.147. The number of nitrogens with zero attached hydrogens (tertiary/aromatic N) is 1. The molecule has 2 atom stereocenters. The molecule has 1 N–H and O–H groups in total. The second-order valence-corrected chi connectivity index (χ2v) is 7.50. The maximum Gasteiger partial charge on any atom is 0.324 e. The molecule has 0 amide bonds. The normalized spacial score (nSPS) is 23.2. The number of halogens is 1. The second-order valence-electron chi connectivity index (χ2n) is 5.18. The fraction of sp³-hybridized carbons (Fsp3) is 0.500. The van der Waals surface area contributed by atoms with Gasteiger partial charge in [0, 0.05) is 18.0 Å². The lowest BCUT2D eigenvalue weighted by Gasteiger charge is -2.35. The molecule has 1 aliphatic heterocycles. The number of ether oxygens (including phenoxy) is 1. The molecule has 1 heterocycles. The monoisotopic (exact) mass is 347 g/mol. The molecular weight excluding hydrogens is 330 g/mol. The molecule has 0 aliphatic carbocycles. The molecule has 0 bridgehead atoms. The Morgan fingerprint density at radius 1 is 1.45 bits per heavy atom. The van der Waals surface area contributed by atoms with E-state index in [4.69, 9.17) is 11.6 Å². The van der Waals surface area contributed by atoms with E-state index < -0.39 is 28.1 Å². The Morgan fingerprint density at radius 3 is 2.77 bits per heavy atom. The van der Waals surface area contributed by atoms with Gasteiger partial charge >= 0.3 is 5.97 Å². The summed E-state index contributed by atoms with van der Waals surface area (Å²) in [6.45, 7) is 0.0771. The van der Waals surface area contributed by atoms with Crippen LogP contribution in [0, 0.1) is 0 Å². The largest absolute Gasteiger partial charge is 0.468 e. The topological polar surface area (TPSA) is 83.9 Å². The van der Waals surface area contributed by atoms with E-state index in [0.717, 1.165) is 4.31 Å². The Balaban J connectivity index is 2.26. The molecule has 122 valence electrons. The summed E-state index contributed by atoms with van der Waals surface area (Å²) in [5, 5.41) is 10.0. The van der Waals surface area contributed by atoms with Crippen molar-refractivity contribution >= 4 is 27.6 Å². The third-order valence-electron chi connectivity index (χ3n) is 3.65. The SMILES string of the molecule is COC(=O)[C@H]1C[C@@H](O)CCN1S(=O)(=O)Cc1ccccc1Cl. The van der Waals surface area contributed by atoms with Crippen molar-refractivity contribution in [2.45, 2.75) is 30.7 Å². The highest BCUT2D eigenvalue weighted by molar-refractivity contribution is 7.88. The number of hydrogen-bond donors (Lipinski definition) is 1. The third-order valence-corrected chi connectivity index (χ3v) is 5.85. The highest BCUT2D eigenvalue weighted by atomic mass is 35.5. The van der Waals surface area contributed by atoms with Gasteiger partial charge in [-0.15, -0.1) is 0 Å². The molecule has 1 aromatic rings. The van der Waals surface area contributed by atoms with Gasteiger partial charge in [0.1, 0.15) is 6.04 Å². The van der Waals surface area contributed by atoms with Crippen LogP contribution in [-0.2, 0) is 25.3 Å². The van der Waals surface area contributed by atoms with Gasteiger partial charge in [0.25, 0.3) is 0 Å². The molecule has 0 aromatic heterocycles. The van der Waals surface area contributed by atoms with Crippen LogP contribution in [0.5, 0.6) is 0 Å². The van der Waals surface area contributed by atoms with E-state index in [1.807, 2.05) is 0 Å². The summed E-state index contributed by atoms with van der Waals surface area (Å²) in [6.07, 6.45) is -0.389. The summed E-state index contributed by atoms with van der Waals surface area (Å²) in [4.78, 5) is 11.8. The smallest absolute Gasteiger partial charge is 0.324 e. The first-order valence-electron chi connectivity index (χ1n) is 6.84. The highest BCUT2D eigenvalue weighted by Crippen LogP contribution is 2.26. The molecule has 1 aromatic carbocycles. The van der Waals surface area contributed by atoms with Crippen molar-refractivity contribution in [1.82, 2.24) is 4.31 Å². The van der Waals surface area contributed by atoms with Crippen molar-refractivity contribution in [2.24, 2.45) is 0 Å². The van der Waals surface area contributed by atoms with Crippen LogP contribution in [0.3, 0.4) is 0 Å². The number of carbonyl (C=O) groups is 1. The first-order valence-corrected chi connectivity index (χ1v) is 8.82. The highest BCUT2D eigenvalue weighted by Gasteiger charge is 2.40. The number of rotatable bonds is 4. The van der Waals surface area contributed by atoms with Crippen molar-refractivity contribution in [3.8, 4) is 0 Å². The molecule has 22 heavy (non-hydrogen) atoms. The van der Waals surface area contributed by atoms with Crippen LogP contribution in [-0.4, -0.2) is 49.6 Å². The summed E-state index contributed by atoms with van der Waals surface area (Å²) in [5.74, 6) is -0.961. The molecule has 1 fully saturated rings. The maximum atomic E-state index is 12.6. The van der Waals surface area contributed by atoms with E-state index in [1.54, 1.807) is 24.3 Å². The molecular formula is C14H18ClNO5S. The summed E-state index contributed by atoms with van der Waals surface area (Å²) in [7, 11) is -2.55. The van der Waals surface area contributed by atoms with E-state index in [-0.39, 0.29) is 25.1 Å². The van der Waals surface area contributed by atoms with Crippen LogP contribution in [0.25, 0.3) is 0 Å². The lowest BCUT2D eigenvalue weighted by Crippen LogP contribution is -2.51. The number of piperidine rings is 1. The fourth-order valence-electron chi connectivity index (χ4n) is 2.50. The van der Waals surface area contributed by atoms with Gasteiger partial charge in [0.15, 0.2) is 0 Å². The number of aliphatic hydroxyl groups is 1. The van der Waals surface area contributed by atoms with Gasteiger partial charge in [-0.05, 0) is 18.1 Å². The summed E-state index contributed by atoms with van der Waals surface area (Å²) >= 11 is 6.00. The number of aliphatic hydroxyl groups excluding tert-OH is 1. The van der Waals surface area contributed by atoms with Gasteiger partial charge in [0.2, 0.25) is 10.0 Å². The van der Waals surface area contributed by atoms with Crippen molar-refractivity contribution in [3.63, 3.8) is 0 Å². The molecule has 0 radical (unpaired) electrons. The molecule has 1 saturated heterocycles. The van der Waals surface area contributed by atoms with Gasteiger partial charge in [-0.2, -0.15) is 4.31 Å². The maximum absolute atomic E-state index is 12.6. The minimum Gasteiger partial charge on any atom is -0.468 e. The average molecular weight is 348 g/mol. The van der Waals surface area contributed by atoms with E-state index in [9.17, 15) is 18.3 Å². The van der Waals surface area contributed by atoms with Crippen LogP contribution < -0.4 is 0 Å². The van der Waals surface area contributed by atoms with E-state index in [0.29, 0.717) is 10.6 Å². The lowest BCUT2D eigenvalue weighted by atomic mass is 10.0. The Bertz CT molecular complexity index is 648. The van der Waals surface area contributed by atoms with E-state index >= 15 is 0 Å². The summed E-state index contributed by atoms with van der Waals surface area (Å²) in [6, 6.07) is 5.67. The predicted molar refractivity (Wildman–Crippen MR) is 81.8 cm³/mol. The molecule has 0 saturated carbocycles. The molecule has 8 heteroatoms. The van der Waals surface area contributed by atoms with Crippen molar-refractivity contribution in [3.05, 3.63) is 34.9 Å². The number of methoxy groups -OCH3 is 1. The van der Waals surface area contributed by atoms with Crippen LogP contribution in [0.2, 0.25) is 5.02 Å². The zero-order valence-electron chi connectivity index (χ0n) is 12.1. The molecule has 0 spiro atoms. The number of benzene rings is 1. The molecule has 6 nitrogen and oxygen atoms in total. The van der Waals surface area contributed by atoms with Gasteiger partial charge in [-0.25, -0.2) is 8.42 Å². The van der Waals surface area contributed by atoms with E-state index in [2.05, 4.69) is 4.74 Å². The number of carbonyl (C=O) groups excluding carboxylic acids is 1. The summed E-state index contributed by atoms with van der Waals surface area (Å²) in [5.41, 5.74) is 0.471. The standard InChI is InChI=1S/C14H18ClNO5S/c1-21-14(18)13-8-11(17)6-7-16(13)22(19,20)9-10-4-2-3-5-12(10)15/h2-5,11,13,17H,6-9H2,1H3/t11-,13+/m0/s1. The number of esters is 1. The minimum atomic E-state index is -3.75. The zero-order valence-corrected chi connectivity index (χ0v) is 13.7. The first-order chi connectivity index (χ1) is 10.3. The van der Waals surface area contributed by atoms with Crippen LogP contribution in [0.15, 0.2) is 24.3 Å². The van der Waals surface area contributed by atoms with Gasteiger partial charge in [0.05, 0.1) is 19.0 Å². The molecule has 1 aliphatic rings. The Morgan fingerprint density at radius 2 is 2.14 bits per heavy atom. The van der Waals surface area contributed by atoms with Crippen LogP contribution in [0.1, 0.15) is 18.4 Å². The number of hydrogen-bond acceptors (Lipinski definition) is 5. The van der Waals surface area contributed by atoms with Gasteiger partial charge in [-0.3, -0.25) is 4.79 Å². The van der Waals surface area contributed by atoms with Gasteiger partial charge < -0.3 is 9.84 Å². The predicted octanol–water partition coefficient (Wildman–Crippen LogP) is 1.17. The molecule has 2 rings (SSSR count). The van der Waals surface area contributed by atoms with Crippen molar-refractivity contribution in [1.29, 1.82) is 0 Å². The Labute approximate surface area is 134 Å². The number of sulfonamides is 1. The minimum absolute atomic E-state index is 0.0361. The Hall–Kier alpha value is -1.15. The second kappa shape index (κ2) is 6.95. The fourth-order valence-corrected chi connectivity index (χ4v) is 4.54. The quantitative estimate of drug-likeness (QED) is 0.826. The van der Waals surface area contributed by atoms with E-state index in [1.165, 1.54) is 7.11 Å². The van der Waals surface area contributed by atoms with Crippen molar-refractivity contribution in [2.75, 3.05) is 13.7 Å². The average Bonchev–Trinajstić information content (AvgIpc) is 2.48.